The van der Waals surface area contributed by atoms with Gasteiger partial charge in [-0.3, -0.25) is 0 Å². The normalized spacial score (nSPS) is 11.6. The first kappa shape index (κ1) is 69.3. The summed E-state index contributed by atoms with van der Waals surface area (Å²) in [6, 6.07) is 168. The number of hydrogen-bond acceptors (Lipinski definition) is 0. The van der Waals surface area contributed by atoms with Crippen LogP contribution in [0.2, 0.25) is 0 Å². The molecule has 2 aromatic heterocycles. The van der Waals surface area contributed by atoms with Crippen molar-refractivity contribution < 1.29 is 0 Å². The zero-order valence-corrected chi connectivity index (χ0v) is 64.8. The van der Waals surface area contributed by atoms with Crippen molar-refractivity contribution >= 4 is 130 Å². The molecular weight excluding hydrogens is 1420 g/mol. The van der Waals surface area contributed by atoms with Crippen LogP contribution in [-0.4, -0.2) is 9.13 Å². The van der Waals surface area contributed by atoms with E-state index in [9.17, 15) is 0 Å². The molecule has 0 unspecified atom stereocenters. The molecule has 24 rings (SSSR count). The van der Waals surface area contributed by atoms with Crippen molar-refractivity contribution in [3.8, 4) is 89.3 Å². The lowest BCUT2D eigenvalue weighted by Crippen LogP contribution is -1.93. The molecule has 0 spiro atoms. The summed E-state index contributed by atoms with van der Waals surface area (Å²) in [5.74, 6) is 0. The predicted octanol–water partition coefficient (Wildman–Crippen LogP) is 32.1. The van der Waals surface area contributed by atoms with Crippen molar-refractivity contribution in [3.05, 3.63) is 461 Å². The molecule has 22 aromatic carbocycles. The lowest BCUT2D eigenvalue weighted by molar-refractivity contribution is 1.18. The van der Waals surface area contributed by atoms with Gasteiger partial charge in [0.15, 0.2) is 0 Å². The Bertz CT molecular complexity index is 7840. The maximum Gasteiger partial charge on any atom is 0.0541 e. The molecule has 2 heteroatoms. The van der Waals surface area contributed by atoms with E-state index in [1.165, 1.54) is 219 Å². The fraction of sp³-hybridized carbons (Fsp3) is 0. The summed E-state index contributed by atoms with van der Waals surface area (Å²) in [7, 11) is 0. The first-order valence-corrected chi connectivity index (χ1v) is 40.8. The van der Waals surface area contributed by atoms with Gasteiger partial charge in [0.05, 0.1) is 22.1 Å². The van der Waals surface area contributed by atoms with E-state index < -0.39 is 0 Å². The van der Waals surface area contributed by atoms with Gasteiger partial charge in [-0.05, 0) is 255 Å². The molecule has 0 saturated carbocycles. The third-order valence-corrected chi connectivity index (χ3v) is 24.2. The molecule has 118 heavy (non-hydrogen) atoms. The molecule has 0 aliphatic carbocycles. The average Bonchev–Trinajstić information content (AvgIpc) is 1.32. The third kappa shape index (κ3) is 12.3. The van der Waals surface area contributed by atoms with Gasteiger partial charge in [0.25, 0.3) is 0 Å². The van der Waals surface area contributed by atoms with Crippen LogP contribution in [0.15, 0.2) is 461 Å². The summed E-state index contributed by atoms with van der Waals surface area (Å²) >= 11 is 0. The molecule has 550 valence electrons. The summed E-state index contributed by atoms with van der Waals surface area (Å²) in [5, 5.41) is 25.6. The molecule has 2 heterocycles. The Hall–Kier alpha value is -15.5. The molecule has 0 fully saturated rings. The first-order valence-electron chi connectivity index (χ1n) is 40.8. The van der Waals surface area contributed by atoms with Crippen LogP contribution in [0.3, 0.4) is 0 Å². The second-order valence-electron chi connectivity index (χ2n) is 30.9. The Morgan fingerprint density at radius 2 is 0.432 bits per heavy atom. The van der Waals surface area contributed by atoms with Gasteiger partial charge < -0.3 is 9.13 Å². The largest absolute Gasteiger partial charge is 0.309 e. The van der Waals surface area contributed by atoms with Gasteiger partial charge in [0.2, 0.25) is 0 Å². The molecular formula is C116H76N2. The van der Waals surface area contributed by atoms with E-state index >= 15 is 0 Å². The highest BCUT2D eigenvalue weighted by Gasteiger charge is 2.22. The van der Waals surface area contributed by atoms with Crippen LogP contribution < -0.4 is 0 Å². The molecule has 0 saturated heterocycles. The van der Waals surface area contributed by atoms with Crippen molar-refractivity contribution in [3.63, 3.8) is 0 Å². The quantitative estimate of drug-likeness (QED) is 0.101. The Morgan fingerprint density at radius 1 is 0.119 bits per heavy atom. The van der Waals surface area contributed by atoms with Crippen LogP contribution in [0, 0.1) is 0 Å². The smallest absolute Gasteiger partial charge is 0.0541 e. The number of fused-ring (bicyclic) bond motifs is 15. The summed E-state index contributed by atoms with van der Waals surface area (Å²) in [6.07, 6.45) is 0. The highest BCUT2D eigenvalue weighted by molar-refractivity contribution is 6.26. The topological polar surface area (TPSA) is 9.86 Å². The average molecular weight is 1500 g/mol. The van der Waals surface area contributed by atoms with Crippen LogP contribution in [0.4, 0.5) is 0 Å². The van der Waals surface area contributed by atoms with Crippen molar-refractivity contribution in [2.24, 2.45) is 0 Å². The number of hydrogen-bond donors (Lipinski definition) is 0. The van der Waals surface area contributed by atoms with E-state index in [0.717, 1.165) is 0 Å². The van der Waals surface area contributed by atoms with E-state index in [2.05, 4.69) is 470 Å². The first-order chi connectivity index (χ1) is 58.5. The number of nitrogens with zero attached hydrogens (tertiary/aromatic N) is 2. The van der Waals surface area contributed by atoms with E-state index in [4.69, 9.17) is 0 Å². The van der Waals surface area contributed by atoms with Crippen LogP contribution in [0.25, 0.3) is 219 Å². The van der Waals surface area contributed by atoms with Gasteiger partial charge in [-0.25, -0.2) is 0 Å². The molecule has 24 aromatic rings. The van der Waals surface area contributed by atoms with E-state index in [1.807, 2.05) is 0 Å². The Balaban J connectivity index is 0.000000108. The summed E-state index contributed by atoms with van der Waals surface area (Å²) in [6.45, 7) is 0. The zero-order chi connectivity index (χ0) is 78.0. The second kappa shape index (κ2) is 29.5. The lowest BCUT2D eigenvalue weighted by atomic mass is 9.84. The zero-order valence-electron chi connectivity index (χ0n) is 64.8. The fourth-order valence-corrected chi connectivity index (χ4v) is 18.6. The fourth-order valence-electron chi connectivity index (χ4n) is 18.6. The van der Waals surface area contributed by atoms with Crippen molar-refractivity contribution in [1.82, 2.24) is 9.13 Å². The van der Waals surface area contributed by atoms with Crippen LogP contribution in [-0.2, 0) is 0 Å². The van der Waals surface area contributed by atoms with Gasteiger partial charge in [0, 0.05) is 32.9 Å². The van der Waals surface area contributed by atoms with Crippen LogP contribution >= 0.6 is 0 Å². The van der Waals surface area contributed by atoms with Gasteiger partial charge in [0.1, 0.15) is 0 Å². The Kier molecular flexibility index (Phi) is 17.3. The van der Waals surface area contributed by atoms with E-state index in [1.54, 1.807) is 0 Å². The monoisotopic (exact) mass is 1500 g/mol. The minimum absolute atomic E-state index is 1.17. The minimum atomic E-state index is 1.17. The molecule has 0 amide bonds. The molecule has 0 N–H and O–H groups in total. The number of para-hydroxylation sites is 3. The highest BCUT2D eigenvalue weighted by Crippen LogP contribution is 2.48. The van der Waals surface area contributed by atoms with Crippen molar-refractivity contribution in [1.29, 1.82) is 0 Å². The molecule has 0 atom stereocenters. The molecule has 0 aliphatic heterocycles. The van der Waals surface area contributed by atoms with Crippen LogP contribution in [0.5, 0.6) is 0 Å². The van der Waals surface area contributed by atoms with E-state index in [0.29, 0.717) is 0 Å². The lowest BCUT2D eigenvalue weighted by Gasteiger charge is -2.19. The van der Waals surface area contributed by atoms with E-state index in [-0.39, 0.29) is 0 Å². The Morgan fingerprint density at radius 3 is 0.958 bits per heavy atom. The van der Waals surface area contributed by atoms with Gasteiger partial charge in [-0.2, -0.15) is 0 Å². The van der Waals surface area contributed by atoms with Crippen LogP contribution in [0.1, 0.15) is 0 Å². The molecule has 0 radical (unpaired) electrons. The van der Waals surface area contributed by atoms with Gasteiger partial charge in [-0.1, -0.05) is 370 Å². The third-order valence-electron chi connectivity index (χ3n) is 24.2. The second-order valence-corrected chi connectivity index (χ2v) is 30.9. The maximum absolute atomic E-state index is 2.39. The predicted molar refractivity (Wildman–Crippen MR) is 506 cm³/mol. The highest BCUT2D eigenvalue weighted by atomic mass is 15.0. The Labute approximate surface area is 684 Å². The van der Waals surface area contributed by atoms with Gasteiger partial charge >= 0.3 is 0 Å². The SMILES string of the molecule is c1cc(-c2ccc3cc(-c4ccc5ccccc5c4)ccc3c2)cc(-c2cc3ccccc3c3ccccc23)c1.c1ccc(-c2ccc(-n3c4ccccc4c4cc(-c5ccc6c(c5)c5ccccc5n6-c5ccccc5)ccc43)cc2)cc1.c1ccc2c(-c3c4ccccc4c(-c4cccc5ccccc45)c4ccccc34)cccc2c1. The number of aromatic nitrogens is 2. The summed E-state index contributed by atoms with van der Waals surface area (Å²) < 4.78 is 4.76. The standard InChI is InChI=1S/C42H28N2.C40H26.C34H22/c1-3-11-29(12-4-1)30-19-23-34(24-20-30)44-40-18-10-8-16-36(40)38-28-32(22-26-42(38)44)31-21-25-41-37(27-31)35-15-7-9-17-39(35)43(41)33-13-5-2-6-14-33;1-2-9-28-22-31(17-16-27(28)8-1)33-21-20-32-23-30(18-19-34(32)24-33)29-11-7-12-35(25-29)40-26-36-10-3-4-13-37(36)38-14-5-6-15-39(38)40;1-3-15-25-23(11-1)13-9-21-27(25)33-29-17-5-7-19-31(29)34(32-20-8-6-18-30(32)33)28-22-10-14-24-12-2-4-16-26(24)28/h1-28H;1-26H;1-22H. The molecule has 2 nitrogen and oxygen atoms in total. The van der Waals surface area contributed by atoms with Crippen molar-refractivity contribution in [2.45, 2.75) is 0 Å². The maximum atomic E-state index is 2.39. The van der Waals surface area contributed by atoms with Crippen molar-refractivity contribution in [2.75, 3.05) is 0 Å². The summed E-state index contributed by atoms with van der Waals surface area (Å²) in [5.41, 5.74) is 24.8. The number of benzene rings is 22. The van der Waals surface area contributed by atoms with Gasteiger partial charge in [-0.15, -0.1) is 0 Å². The summed E-state index contributed by atoms with van der Waals surface area (Å²) in [4.78, 5) is 0. The molecule has 0 bridgehead atoms. The number of rotatable bonds is 9. The molecule has 0 aliphatic rings. The minimum Gasteiger partial charge on any atom is -0.309 e.